The molecule has 2 amide bonds. The van der Waals surface area contributed by atoms with Crippen LogP contribution in [0.5, 0.6) is 0 Å². The number of hydrogen-bond donors (Lipinski definition) is 2. The first-order valence-electron chi connectivity index (χ1n) is 6.54. The topological polar surface area (TPSA) is 75.4 Å². The number of benzene rings is 1. The van der Waals surface area contributed by atoms with Crippen LogP contribution >= 0.6 is 12.2 Å². The zero-order valence-electron chi connectivity index (χ0n) is 11.1. The Balaban J connectivity index is 1.95. The molecular formula is C14H17N3O2S. The van der Waals surface area contributed by atoms with E-state index in [4.69, 9.17) is 18.0 Å². The predicted molar refractivity (Wildman–Crippen MR) is 81.4 cm³/mol. The van der Waals surface area contributed by atoms with E-state index in [-0.39, 0.29) is 23.3 Å². The standard InChI is InChI=1S/C14H17N3O2S/c15-14(20)10-4-3-5-11(8-10)16-12(18)9-17-7-2-1-6-13(17)19/h3-5,8H,1-2,6-7,9H2,(H2,15,20)(H,16,18). The molecule has 6 heteroatoms. The lowest BCUT2D eigenvalue weighted by Gasteiger charge is -2.25. The first-order valence-corrected chi connectivity index (χ1v) is 6.94. The number of piperidine rings is 1. The Morgan fingerprint density at radius 2 is 2.20 bits per heavy atom. The molecule has 0 bridgehead atoms. The van der Waals surface area contributed by atoms with Gasteiger partial charge < -0.3 is 16.0 Å². The quantitative estimate of drug-likeness (QED) is 0.819. The van der Waals surface area contributed by atoms with Crippen molar-refractivity contribution in [1.82, 2.24) is 4.90 Å². The van der Waals surface area contributed by atoms with Gasteiger partial charge in [0.25, 0.3) is 0 Å². The predicted octanol–water partition coefficient (Wildman–Crippen LogP) is 1.27. The number of anilines is 1. The second-order valence-electron chi connectivity index (χ2n) is 4.77. The van der Waals surface area contributed by atoms with Crippen molar-refractivity contribution >= 4 is 34.7 Å². The van der Waals surface area contributed by atoms with Gasteiger partial charge in [-0.05, 0) is 25.0 Å². The molecule has 0 radical (unpaired) electrons. The monoisotopic (exact) mass is 291 g/mol. The number of carbonyl (C=O) groups excluding carboxylic acids is 2. The van der Waals surface area contributed by atoms with Gasteiger partial charge in [0.05, 0.1) is 6.54 Å². The van der Waals surface area contributed by atoms with Gasteiger partial charge in [-0.25, -0.2) is 0 Å². The molecule has 1 heterocycles. The van der Waals surface area contributed by atoms with E-state index in [1.54, 1.807) is 29.2 Å². The van der Waals surface area contributed by atoms with Crippen molar-refractivity contribution in [2.24, 2.45) is 5.73 Å². The van der Waals surface area contributed by atoms with E-state index in [2.05, 4.69) is 5.32 Å². The van der Waals surface area contributed by atoms with Crippen molar-refractivity contribution in [3.8, 4) is 0 Å². The van der Waals surface area contributed by atoms with Gasteiger partial charge in [-0.3, -0.25) is 9.59 Å². The maximum Gasteiger partial charge on any atom is 0.243 e. The van der Waals surface area contributed by atoms with Gasteiger partial charge in [-0.1, -0.05) is 24.4 Å². The minimum Gasteiger partial charge on any atom is -0.389 e. The summed E-state index contributed by atoms with van der Waals surface area (Å²) in [6.07, 6.45) is 2.40. The Labute approximate surface area is 123 Å². The fraction of sp³-hybridized carbons (Fsp3) is 0.357. The molecule has 3 N–H and O–H groups in total. The fourth-order valence-electron chi connectivity index (χ4n) is 2.15. The van der Waals surface area contributed by atoms with Crippen molar-refractivity contribution in [2.45, 2.75) is 19.3 Å². The molecule has 0 spiro atoms. The van der Waals surface area contributed by atoms with Crippen LogP contribution in [0.25, 0.3) is 0 Å². The van der Waals surface area contributed by atoms with Gasteiger partial charge in [0.2, 0.25) is 11.8 Å². The van der Waals surface area contributed by atoms with Crippen LogP contribution in [0, 0.1) is 0 Å². The third kappa shape index (κ3) is 3.77. The zero-order chi connectivity index (χ0) is 14.5. The maximum atomic E-state index is 11.9. The third-order valence-corrected chi connectivity index (χ3v) is 3.42. The molecule has 0 saturated carbocycles. The molecule has 1 fully saturated rings. The van der Waals surface area contributed by atoms with Gasteiger partial charge in [0.15, 0.2) is 0 Å². The number of amides is 2. The van der Waals surface area contributed by atoms with Crippen LogP contribution in [0.4, 0.5) is 5.69 Å². The van der Waals surface area contributed by atoms with Gasteiger partial charge in [0, 0.05) is 24.2 Å². The summed E-state index contributed by atoms with van der Waals surface area (Å²) in [5.74, 6) is -0.163. The number of carbonyl (C=O) groups is 2. The van der Waals surface area contributed by atoms with Crippen molar-refractivity contribution < 1.29 is 9.59 Å². The Hall–Kier alpha value is -1.95. The summed E-state index contributed by atoms with van der Waals surface area (Å²) in [5, 5.41) is 2.76. The highest BCUT2D eigenvalue weighted by Gasteiger charge is 2.20. The van der Waals surface area contributed by atoms with Gasteiger partial charge in [-0.15, -0.1) is 0 Å². The molecule has 0 unspecified atom stereocenters. The van der Waals surface area contributed by atoms with E-state index >= 15 is 0 Å². The minimum absolute atomic E-state index is 0.0447. The molecule has 20 heavy (non-hydrogen) atoms. The summed E-state index contributed by atoms with van der Waals surface area (Å²) in [4.78, 5) is 25.5. The lowest BCUT2D eigenvalue weighted by molar-refractivity contribution is -0.136. The molecule has 1 aromatic carbocycles. The smallest absolute Gasteiger partial charge is 0.243 e. The minimum atomic E-state index is -0.208. The van der Waals surface area contributed by atoms with Gasteiger partial charge in [0.1, 0.15) is 4.99 Å². The highest BCUT2D eigenvalue weighted by molar-refractivity contribution is 7.80. The molecule has 0 aliphatic carbocycles. The number of likely N-dealkylation sites (tertiary alicyclic amines) is 1. The second-order valence-corrected chi connectivity index (χ2v) is 5.21. The summed E-state index contributed by atoms with van der Waals surface area (Å²) in [6.45, 7) is 0.745. The van der Waals surface area contributed by atoms with Crippen LogP contribution < -0.4 is 11.1 Å². The summed E-state index contributed by atoms with van der Waals surface area (Å²) >= 11 is 4.89. The summed E-state index contributed by atoms with van der Waals surface area (Å²) in [6, 6.07) is 7.04. The number of hydrogen-bond acceptors (Lipinski definition) is 3. The third-order valence-electron chi connectivity index (χ3n) is 3.19. The van der Waals surface area contributed by atoms with Crippen LogP contribution in [-0.2, 0) is 9.59 Å². The number of rotatable bonds is 4. The highest BCUT2D eigenvalue weighted by Crippen LogP contribution is 2.12. The second kappa shape index (κ2) is 6.47. The first kappa shape index (κ1) is 14.5. The van der Waals surface area contributed by atoms with E-state index in [1.807, 2.05) is 0 Å². The van der Waals surface area contributed by atoms with Crippen molar-refractivity contribution in [3.05, 3.63) is 29.8 Å². The number of thiocarbonyl (C=S) groups is 1. The normalized spacial score (nSPS) is 15.0. The number of nitrogens with one attached hydrogen (secondary N) is 1. The Bertz CT molecular complexity index is 545. The van der Waals surface area contributed by atoms with E-state index < -0.39 is 0 Å². The number of nitrogens with two attached hydrogens (primary N) is 1. The lowest BCUT2D eigenvalue weighted by atomic mass is 10.1. The van der Waals surface area contributed by atoms with Gasteiger partial charge >= 0.3 is 0 Å². The molecule has 1 saturated heterocycles. The van der Waals surface area contributed by atoms with Crippen molar-refractivity contribution in [3.63, 3.8) is 0 Å². The Morgan fingerprint density at radius 1 is 1.40 bits per heavy atom. The molecule has 2 rings (SSSR count). The Kier molecular flexibility index (Phi) is 4.68. The van der Waals surface area contributed by atoms with E-state index in [0.29, 0.717) is 24.2 Å². The first-order chi connectivity index (χ1) is 9.56. The van der Waals surface area contributed by atoms with Crippen molar-refractivity contribution in [1.29, 1.82) is 0 Å². The van der Waals surface area contributed by atoms with E-state index in [9.17, 15) is 9.59 Å². The summed E-state index contributed by atoms with van der Waals surface area (Å²) in [7, 11) is 0. The average molecular weight is 291 g/mol. The van der Waals surface area contributed by atoms with Crippen molar-refractivity contribution in [2.75, 3.05) is 18.4 Å². The number of nitrogens with zero attached hydrogens (tertiary/aromatic N) is 1. The van der Waals surface area contributed by atoms with Crippen LogP contribution in [-0.4, -0.2) is 34.8 Å². The van der Waals surface area contributed by atoms with E-state index in [1.165, 1.54) is 0 Å². The molecule has 5 nitrogen and oxygen atoms in total. The lowest BCUT2D eigenvalue weighted by Crippen LogP contribution is -2.40. The van der Waals surface area contributed by atoms with Crippen LogP contribution in [0.3, 0.4) is 0 Å². The largest absolute Gasteiger partial charge is 0.389 e. The van der Waals surface area contributed by atoms with Crippen LogP contribution in [0.1, 0.15) is 24.8 Å². The molecule has 1 aromatic rings. The molecule has 0 atom stereocenters. The molecule has 0 aromatic heterocycles. The molecule has 1 aliphatic heterocycles. The molecular weight excluding hydrogens is 274 g/mol. The fourth-order valence-corrected chi connectivity index (χ4v) is 2.28. The van der Waals surface area contributed by atoms with E-state index in [0.717, 1.165) is 12.8 Å². The van der Waals surface area contributed by atoms with Gasteiger partial charge in [-0.2, -0.15) is 0 Å². The van der Waals surface area contributed by atoms with Crippen LogP contribution in [0.2, 0.25) is 0 Å². The maximum absolute atomic E-state index is 11.9. The zero-order valence-corrected chi connectivity index (χ0v) is 11.9. The summed E-state index contributed by atoms with van der Waals surface area (Å²) < 4.78 is 0. The highest BCUT2D eigenvalue weighted by atomic mass is 32.1. The summed E-state index contributed by atoms with van der Waals surface area (Å²) in [5.41, 5.74) is 6.88. The van der Waals surface area contributed by atoms with Crippen LogP contribution in [0.15, 0.2) is 24.3 Å². The SMILES string of the molecule is NC(=S)c1cccc(NC(=O)CN2CCCCC2=O)c1. The Morgan fingerprint density at radius 3 is 2.90 bits per heavy atom. The molecule has 106 valence electrons. The molecule has 1 aliphatic rings. The average Bonchev–Trinajstić information content (AvgIpc) is 2.41.